The minimum absolute atomic E-state index is 0.0685. The van der Waals surface area contributed by atoms with Gasteiger partial charge in [0.15, 0.2) is 4.96 Å². The molecule has 3 rings (SSSR count). The summed E-state index contributed by atoms with van der Waals surface area (Å²) in [5.74, 6) is -0.727. The number of ether oxygens (including phenoxy) is 1. The molecule has 0 aliphatic carbocycles. The number of halogens is 3. The predicted molar refractivity (Wildman–Crippen MR) is 77.4 cm³/mol. The zero-order valence-corrected chi connectivity index (χ0v) is 12.3. The summed E-state index contributed by atoms with van der Waals surface area (Å²) in [6, 6.07) is 5.44. The Kier molecular flexibility index (Phi) is 3.95. The van der Waals surface area contributed by atoms with Crippen molar-refractivity contribution >= 4 is 22.2 Å². The SMILES string of the molecule is O=C(NCc1cccc(OC(F)(F)F)c1)c1cn2ccsc2n1. The van der Waals surface area contributed by atoms with Gasteiger partial charge in [0.25, 0.3) is 5.91 Å². The number of amides is 1. The fourth-order valence-electron chi connectivity index (χ4n) is 1.96. The number of fused-ring (bicyclic) bond motifs is 1. The highest BCUT2D eigenvalue weighted by Crippen LogP contribution is 2.23. The first-order valence-corrected chi connectivity index (χ1v) is 7.34. The zero-order chi connectivity index (χ0) is 16.4. The molecule has 0 unspecified atom stereocenters. The first-order chi connectivity index (χ1) is 10.9. The lowest BCUT2D eigenvalue weighted by Crippen LogP contribution is -2.23. The van der Waals surface area contributed by atoms with Crippen LogP contribution in [0.5, 0.6) is 5.75 Å². The van der Waals surface area contributed by atoms with Crippen molar-refractivity contribution in [3.05, 3.63) is 53.3 Å². The number of hydrogen-bond donors (Lipinski definition) is 1. The highest BCUT2D eigenvalue weighted by Gasteiger charge is 2.31. The summed E-state index contributed by atoms with van der Waals surface area (Å²) in [6.45, 7) is 0.0685. The van der Waals surface area contributed by atoms with Gasteiger partial charge in [-0.05, 0) is 17.7 Å². The van der Waals surface area contributed by atoms with Crippen LogP contribution in [0.2, 0.25) is 0 Å². The maximum atomic E-state index is 12.2. The molecular weight excluding hydrogens is 331 g/mol. The van der Waals surface area contributed by atoms with Crippen LogP contribution >= 0.6 is 11.3 Å². The number of alkyl halides is 3. The van der Waals surface area contributed by atoms with E-state index >= 15 is 0 Å². The Morgan fingerprint density at radius 2 is 2.22 bits per heavy atom. The molecule has 0 bridgehead atoms. The number of aromatic nitrogens is 2. The van der Waals surface area contributed by atoms with Crippen molar-refractivity contribution in [1.29, 1.82) is 0 Å². The van der Waals surface area contributed by atoms with Gasteiger partial charge in [-0.3, -0.25) is 9.20 Å². The van der Waals surface area contributed by atoms with Gasteiger partial charge >= 0.3 is 6.36 Å². The Morgan fingerprint density at radius 1 is 1.39 bits per heavy atom. The number of nitrogens with zero attached hydrogens (tertiary/aromatic N) is 2. The van der Waals surface area contributed by atoms with E-state index in [9.17, 15) is 18.0 Å². The normalized spacial score (nSPS) is 11.6. The molecule has 0 saturated heterocycles. The molecule has 9 heteroatoms. The smallest absolute Gasteiger partial charge is 0.406 e. The lowest BCUT2D eigenvalue weighted by molar-refractivity contribution is -0.274. The molecule has 0 spiro atoms. The molecule has 0 saturated carbocycles. The van der Waals surface area contributed by atoms with E-state index < -0.39 is 12.3 Å². The number of carbonyl (C=O) groups excluding carboxylic acids is 1. The van der Waals surface area contributed by atoms with Crippen molar-refractivity contribution in [3.8, 4) is 5.75 Å². The molecule has 0 aliphatic heterocycles. The zero-order valence-electron chi connectivity index (χ0n) is 11.5. The number of rotatable bonds is 4. The Balaban J connectivity index is 1.64. The molecule has 0 aliphatic rings. The monoisotopic (exact) mass is 341 g/mol. The van der Waals surface area contributed by atoms with Crippen LogP contribution in [0.1, 0.15) is 16.1 Å². The maximum absolute atomic E-state index is 12.2. The van der Waals surface area contributed by atoms with Crippen LogP contribution in [0.25, 0.3) is 4.96 Å². The summed E-state index contributed by atoms with van der Waals surface area (Å²) in [4.78, 5) is 16.8. The molecule has 2 heterocycles. The van der Waals surface area contributed by atoms with Crippen molar-refractivity contribution in [2.75, 3.05) is 0 Å². The van der Waals surface area contributed by atoms with Crippen molar-refractivity contribution in [2.45, 2.75) is 12.9 Å². The minimum atomic E-state index is -4.75. The molecule has 3 aromatic rings. The predicted octanol–water partition coefficient (Wildman–Crippen LogP) is 3.22. The summed E-state index contributed by atoms with van der Waals surface area (Å²) in [5.41, 5.74) is 0.737. The summed E-state index contributed by atoms with van der Waals surface area (Å²) < 4.78 is 42.1. The first kappa shape index (κ1) is 15.3. The van der Waals surface area contributed by atoms with E-state index in [-0.39, 0.29) is 18.0 Å². The van der Waals surface area contributed by atoms with Gasteiger partial charge in [0.05, 0.1) is 0 Å². The van der Waals surface area contributed by atoms with Crippen LogP contribution in [0.15, 0.2) is 42.0 Å². The molecule has 1 N–H and O–H groups in total. The Morgan fingerprint density at radius 3 is 2.96 bits per heavy atom. The van der Waals surface area contributed by atoms with Gasteiger partial charge in [-0.25, -0.2) is 4.98 Å². The second-order valence-corrected chi connectivity index (χ2v) is 5.47. The fourth-order valence-corrected chi connectivity index (χ4v) is 2.66. The van der Waals surface area contributed by atoms with Crippen LogP contribution in [0.3, 0.4) is 0 Å². The lowest BCUT2D eigenvalue weighted by Gasteiger charge is -2.10. The third kappa shape index (κ3) is 3.81. The van der Waals surface area contributed by atoms with Gasteiger partial charge in [-0.15, -0.1) is 24.5 Å². The number of thiazole rings is 1. The van der Waals surface area contributed by atoms with Crippen molar-refractivity contribution < 1.29 is 22.7 Å². The number of nitrogens with one attached hydrogen (secondary N) is 1. The van der Waals surface area contributed by atoms with Gasteiger partial charge in [-0.2, -0.15) is 0 Å². The summed E-state index contributed by atoms with van der Waals surface area (Å²) in [7, 11) is 0. The fraction of sp³-hybridized carbons (Fsp3) is 0.143. The molecular formula is C14H10F3N3O2S. The summed E-state index contributed by atoms with van der Waals surface area (Å²) in [6.07, 6.45) is -1.38. The van der Waals surface area contributed by atoms with Crippen LogP contribution in [-0.4, -0.2) is 21.7 Å². The quantitative estimate of drug-likeness (QED) is 0.793. The molecule has 0 radical (unpaired) electrons. The molecule has 1 aromatic carbocycles. The van der Waals surface area contributed by atoms with Crippen LogP contribution in [-0.2, 0) is 6.54 Å². The van der Waals surface area contributed by atoms with Crippen molar-refractivity contribution in [2.24, 2.45) is 0 Å². The molecule has 0 atom stereocenters. The van der Waals surface area contributed by atoms with Gasteiger partial charge < -0.3 is 10.1 Å². The Hall–Kier alpha value is -2.55. The molecule has 2 aromatic heterocycles. The average molecular weight is 341 g/mol. The van der Waals surface area contributed by atoms with Gasteiger partial charge in [-0.1, -0.05) is 12.1 Å². The van der Waals surface area contributed by atoms with E-state index in [0.717, 1.165) is 0 Å². The Bertz CT molecular complexity index is 813. The topological polar surface area (TPSA) is 55.6 Å². The van der Waals surface area contributed by atoms with E-state index in [1.54, 1.807) is 22.9 Å². The van der Waals surface area contributed by atoms with Gasteiger partial charge in [0, 0.05) is 24.3 Å². The third-order valence-corrected chi connectivity index (χ3v) is 3.68. The van der Waals surface area contributed by atoms with E-state index in [4.69, 9.17) is 0 Å². The number of benzene rings is 1. The molecule has 120 valence electrons. The van der Waals surface area contributed by atoms with Gasteiger partial charge in [0.2, 0.25) is 0 Å². The number of imidazole rings is 1. The van der Waals surface area contributed by atoms with E-state index in [2.05, 4.69) is 15.0 Å². The standard InChI is InChI=1S/C14H10F3N3O2S/c15-14(16,17)22-10-3-1-2-9(6-10)7-18-12(21)11-8-20-4-5-23-13(20)19-11/h1-6,8H,7H2,(H,18,21). The largest absolute Gasteiger partial charge is 0.573 e. The van der Waals surface area contributed by atoms with Crippen LogP contribution < -0.4 is 10.1 Å². The lowest BCUT2D eigenvalue weighted by atomic mass is 10.2. The second kappa shape index (κ2) is 5.92. The maximum Gasteiger partial charge on any atom is 0.573 e. The van der Waals surface area contributed by atoms with E-state index in [1.807, 2.05) is 5.38 Å². The highest BCUT2D eigenvalue weighted by atomic mass is 32.1. The highest BCUT2D eigenvalue weighted by molar-refractivity contribution is 7.15. The Labute approximate surface area is 132 Å². The third-order valence-electron chi connectivity index (χ3n) is 2.91. The van der Waals surface area contributed by atoms with Crippen LogP contribution in [0, 0.1) is 0 Å². The number of hydrogen-bond acceptors (Lipinski definition) is 4. The minimum Gasteiger partial charge on any atom is -0.406 e. The van der Waals surface area contributed by atoms with Crippen molar-refractivity contribution in [3.63, 3.8) is 0 Å². The summed E-state index contributed by atoms with van der Waals surface area (Å²) >= 11 is 1.40. The van der Waals surface area contributed by atoms with E-state index in [1.165, 1.54) is 29.5 Å². The second-order valence-electron chi connectivity index (χ2n) is 4.60. The van der Waals surface area contributed by atoms with E-state index in [0.29, 0.717) is 10.5 Å². The first-order valence-electron chi connectivity index (χ1n) is 6.46. The molecule has 23 heavy (non-hydrogen) atoms. The number of carbonyl (C=O) groups is 1. The van der Waals surface area contributed by atoms with Crippen molar-refractivity contribution in [1.82, 2.24) is 14.7 Å². The average Bonchev–Trinajstić information content (AvgIpc) is 3.04. The van der Waals surface area contributed by atoms with Crippen LogP contribution in [0.4, 0.5) is 13.2 Å². The molecule has 5 nitrogen and oxygen atoms in total. The summed E-state index contributed by atoms with van der Waals surface area (Å²) in [5, 5.41) is 4.45. The van der Waals surface area contributed by atoms with Gasteiger partial charge in [0.1, 0.15) is 11.4 Å². The molecule has 1 amide bonds. The molecule has 0 fully saturated rings.